The monoisotopic (exact) mass is 747 g/mol. The van der Waals surface area contributed by atoms with Crippen LogP contribution in [0.3, 0.4) is 0 Å². The Morgan fingerprint density at radius 2 is 1.09 bits per heavy atom. The molecule has 0 bridgehead atoms. The van der Waals surface area contributed by atoms with Gasteiger partial charge in [-0.1, -0.05) is 74.3 Å². The van der Waals surface area contributed by atoms with E-state index >= 15 is 0 Å². The fraction of sp³-hybridized carbons (Fsp3) is 0. The van der Waals surface area contributed by atoms with Crippen LogP contribution in [0.4, 0.5) is 0 Å². The molecule has 0 atom stereocenters. The van der Waals surface area contributed by atoms with Gasteiger partial charge in [0.1, 0.15) is 0 Å². The Hall–Kier alpha value is -2.40. The van der Waals surface area contributed by atoms with Crippen molar-refractivity contribution in [3.8, 4) is 22.5 Å². The number of pyridine rings is 1. The third kappa shape index (κ3) is 5.63. The van der Waals surface area contributed by atoms with Crippen molar-refractivity contribution >= 4 is 53.4 Å². The smallest absolute Gasteiger partial charge is 0.345 e. The zero-order valence-corrected chi connectivity index (χ0v) is 23.2. The van der Waals surface area contributed by atoms with Gasteiger partial charge in [-0.05, 0) is 20.3 Å². The van der Waals surface area contributed by atoms with Gasteiger partial charge in [0.25, 0.3) is 0 Å². The van der Waals surface area contributed by atoms with Crippen LogP contribution < -0.4 is 0 Å². The second-order valence-electron chi connectivity index (χ2n) is 7.57. The van der Waals surface area contributed by atoms with Crippen LogP contribution in [-0.4, -0.2) is 4.98 Å². The minimum absolute atomic E-state index is 0. The predicted octanol–water partition coefficient (Wildman–Crippen LogP) is 9.25. The van der Waals surface area contributed by atoms with Crippen molar-refractivity contribution in [3.05, 3.63) is 130 Å². The largest absolute Gasteiger partial charge is 3.00 e. The third-order valence-electron chi connectivity index (χ3n) is 5.35. The van der Waals surface area contributed by atoms with Crippen molar-refractivity contribution in [2.24, 2.45) is 0 Å². The maximum atomic E-state index is 4.65. The summed E-state index contributed by atoms with van der Waals surface area (Å²) in [6.45, 7) is 0. The summed E-state index contributed by atoms with van der Waals surface area (Å²) in [7, 11) is 0. The molecule has 0 spiro atoms. The number of rotatable bonds is 2. The van der Waals surface area contributed by atoms with E-state index in [4.69, 9.17) is 0 Å². The Morgan fingerprint density at radius 1 is 0.588 bits per heavy atom. The molecule has 168 valence electrons. The zero-order valence-electron chi connectivity index (χ0n) is 17.9. The number of aromatic nitrogens is 1. The van der Waals surface area contributed by atoms with Crippen LogP contribution in [-0.2, 0) is 22.4 Å². The van der Waals surface area contributed by atoms with Gasteiger partial charge in [-0.2, -0.15) is 0 Å². The van der Waals surface area contributed by atoms with E-state index in [1.165, 1.54) is 21.5 Å². The van der Waals surface area contributed by atoms with Crippen LogP contribution in [0, 0.1) is 12.1 Å². The maximum Gasteiger partial charge on any atom is 3.00 e. The normalized spacial score (nSPS) is 10.4. The molecule has 0 radical (unpaired) electrons. The van der Waals surface area contributed by atoms with E-state index in [2.05, 4.69) is 91.4 Å². The summed E-state index contributed by atoms with van der Waals surface area (Å²) in [5, 5.41) is 5.22. The molecule has 4 heteroatoms. The van der Waals surface area contributed by atoms with E-state index in [1.54, 1.807) is 0 Å². The summed E-state index contributed by atoms with van der Waals surface area (Å²) >= 11 is 6.99. The first-order valence-corrected chi connectivity index (χ1v) is 12.1. The molecular formula is C30H18AuBr2N. The summed E-state index contributed by atoms with van der Waals surface area (Å²) in [6, 6.07) is 43.2. The molecule has 0 aliphatic carbocycles. The number of benzene rings is 4. The number of halogens is 2. The van der Waals surface area contributed by atoms with E-state index < -0.39 is 0 Å². The standard InChI is InChI=1S/C17H11N.C13H7Br2.Au/c1-3-8-14(9-4-1)16-12-7-13-17(18-16)15-10-5-2-6-11-15;14-10-1-3-12-8(6-10)5-9-7-11(15)2-4-13(9)12;/h1-8,10,12-13H;1-7H;/q-2;-1;+3. The van der Waals surface area contributed by atoms with Gasteiger partial charge in [-0.25, -0.2) is 0 Å². The molecule has 5 aromatic carbocycles. The van der Waals surface area contributed by atoms with Crippen LogP contribution in [0.25, 0.3) is 44.1 Å². The Bertz CT molecular complexity index is 1410. The zero-order chi connectivity index (χ0) is 22.6. The maximum absolute atomic E-state index is 4.65. The van der Waals surface area contributed by atoms with Crippen molar-refractivity contribution in [1.29, 1.82) is 0 Å². The molecule has 0 saturated carbocycles. The fourth-order valence-electron chi connectivity index (χ4n) is 3.80. The summed E-state index contributed by atoms with van der Waals surface area (Å²) < 4.78 is 2.26. The number of hydrogen-bond donors (Lipinski definition) is 0. The van der Waals surface area contributed by atoms with Crippen molar-refractivity contribution < 1.29 is 22.4 Å². The summed E-state index contributed by atoms with van der Waals surface area (Å²) in [6.07, 6.45) is 0. The minimum Gasteiger partial charge on any atom is -0.345 e. The van der Waals surface area contributed by atoms with Crippen LogP contribution in [0.2, 0.25) is 0 Å². The van der Waals surface area contributed by atoms with Crippen LogP contribution in [0.1, 0.15) is 0 Å². The molecule has 1 nitrogen and oxygen atoms in total. The van der Waals surface area contributed by atoms with Gasteiger partial charge in [0.2, 0.25) is 0 Å². The molecule has 34 heavy (non-hydrogen) atoms. The Kier molecular flexibility index (Phi) is 8.25. The van der Waals surface area contributed by atoms with Crippen molar-refractivity contribution in [1.82, 2.24) is 4.98 Å². The predicted molar refractivity (Wildman–Crippen MR) is 145 cm³/mol. The van der Waals surface area contributed by atoms with E-state index in [0.717, 1.165) is 31.5 Å². The Balaban J connectivity index is 0.000000159. The second kappa shape index (κ2) is 11.4. The molecule has 1 aromatic heterocycles. The van der Waals surface area contributed by atoms with Crippen molar-refractivity contribution in [2.45, 2.75) is 0 Å². The molecule has 1 heterocycles. The SMILES string of the molecule is Brc1ccc2c(c1)[cH-]c1cc(Br)ccc12.[Au+3].[c-]1ccccc1-c1cccc(-c2[c-]cccc2)n1. The first-order valence-electron chi connectivity index (χ1n) is 10.5. The van der Waals surface area contributed by atoms with Gasteiger partial charge in [-0.3, -0.25) is 0 Å². The van der Waals surface area contributed by atoms with E-state index in [0.29, 0.717) is 0 Å². The Labute approximate surface area is 232 Å². The molecule has 6 rings (SSSR count). The average Bonchev–Trinajstić information content (AvgIpc) is 3.22. The van der Waals surface area contributed by atoms with Crippen LogP contribution in [0.15, 0.2) is 118 Å². The van der Waals surface area contributed by atoms with Gasteiger partial charge in [0, 0.05) is 0 Å². The molecule has 0 unspecified atom stereocenters. The van der Waals surface area contributed by atoms with Gasteiger partial charge in [0.05, 0.1) is 0 Å². The number of hydrogen-bond acceptors (Lipinski definition) is 1. The van der Waals surface area contributed by atoms with Gasteiger partial charge < -0.3 is 4.98 Å². The molecule has 0 amide bonds. The van der Waals surface area contributed by atoms with Gasteiger partial charge in [-0.15, -0.1) is 112 Å². The molecule has 0 aliphatic heterocycles. The summed E-state index contributed by atoms with van der Waals surface area (Å²) in [5.74, 6) is 0. The van der Waals surface area contributed by atoms with E-state index in [9.17, 15) is 0 Å². The van der Waals surface area contributed by atoms with E-state index in [-0.39, 0.29) is 22.4 Å². The second-order valence-corrected chi connectivity index (χ2v) is 9.40. The summed E-state index contributed by atoms with van der Waals surface area (Å²) in [4.78, 5) is 4.65. The molecule has 0 saturated heterocycles. The molecule has 0 fully saturated rings. The van der Waals surface area contributed by atoms with Crippen LogP contribution >= 0.6 is 31.9 Å². The summed E-state index contributed by atoms with van der Waals surface area (Å²) in [5.41, 5.74) is 3.89. The van der Waals surface area contributed by atoms with Crippen molar-refractivity contribution in [3.63, 3.8) is 0 Å². The number of nitrogens with zero attached hydrogens (tertiary/aromatic N) is 1. The fourth-order valence-corrected chi connectivity index (χ4v) is 4.56. The first-order chi connectivity index (χ1) is 16.2. The molecular weight excluding hydrogens is 731 g/mol. The number of fused-ring (bicyclic) bond motifs is 3. The molecule has 6 aromatic rings. The van der Waals surface area contributed by atoms with E-state index in [1.807, 2.05) is 66.7 Å². The molecule has 0 aliphatic rings. The topological polar surface area (TPSA) is 12.9 Å². The minimum atomic E-state index is 0. The first kappa shape index (κ1) is 24.7. The van der Waals surface area contributed by atoms with Crippen molar-refractivity contribution in [2.75, 3.05) is 0 Å². The van der Waals surface area contributed by atoms with Gasteiger partial charge in [0.15, 0.2) is 0 Å². The van der Waals surface area contributed by atoms with Gasteiger partial charge >= 0.3 is 22.4 Å². The molecule has 0 N–H and O–H groups in total. The Morgan fingerprint density at radius 3 is 1.53 bits per heavy atom. The van der Waals surface area contributed by atoms with Crippen LogP contribution in [0.5, 0.6) is 0 Å². The quantitative estimate of drug-likeness (QED) is 0.127. The third-order valence-corrected chi connectivity index (χ3v) is 6.33. The average molecular weight is 749 g/mol.